The lowest BCUT2D eigenvalue weighted by Gasteiger charge is -2.30. The molecule has 0 unspecified atom stereocenters. The van der Waals surface area contributed by atoms with Crippen molar-refractivity contribution in [3.05, 3.63) is 35.4 Å². The summed E-state index contributed by atoms with van der Waals surface area (Å²) in [4.78, 5) is 38.1. The third kappa shape index (κ3) is 6.50. The van der Waals surface area contributed by atoms with Gasteiger partial charge in [0.15, 0.2) is 10.9 Å². The van der Waals surface area contributed by atoms with E-state index >= 15 is 0 Å². The minimum atomic E-state index is -0.166. The molecule has 33 heavy (non-hydrogen) atoms. The number of hydrogen-bond donors (Lipinski definition) is 0. The Morgan fingerprint density at radius 3 is 2.52 bits per heavy atom. The van der Waals surface area contributed by atoms with Gasteiger partial charge in [0.25, 0.3) is 5.91 Å². The number of piperidine rings is 1. The SMILES string of the molecule is CCOC(=O)C1CCN(C(=O)c2ccc(CSc3nc(CC)cc(N(CC)CC)n3)o2)CC1. The fourth-order valence-electron chi connectivity index (χ4n) is 3.86. The molecule has 0 radical (unpaired) electrons. The normalized spacial score (nSPS) is 14.4. The van der Waals surface area contributed by atoms with E-state index in [9.17, 15) is 9.59 Å². The van der Waals surface area contributed by atoms with Crippen molar-refractivity contribution in [1.82, 2.24) is 14.9 Å². The second kappa shape index (κ2) is 12.1. The summed E-state index contributed by atoms with van der Waals surface area (Å²) in [7, 11) is 0. The maximum absolute atomic E-state index is 12.8. The van der Waals surface area contributed by atoms with Gasteiger partial charge in [-0.3, -0.25) is 9.59 Å². The summed E-state index contributed by atoms with van der Waals surface area (Å²) in [6.07, 6.45) is 2.08. The molecule has 0 atom stereocenters. The van der Waals surface area contributed by atoms with Crippen LogP contribution >= 0.6 is 11.8 Å². The van der Waals surface area contributed by atoms with Gasteiger partial charge in [-0.15, -0.1) is 0 Å². The highest BCUT2D eigenvalue weighted by Crippen LogP contribution is 2.25. The number of esters is 1. The molecule has 1 aliphatic rings. The van der Waals surface area contributed by atoms with Crippen molar-refractivity contribution in [1.29, 1.82) is 0 Å². The smallest absolute Gasteiger partial charge is 0.309 e. The van der Waals surface area contributed by atoms with Gasteiger partial charge < -0.3 is 19.0 Å². The molecule has 1 amide bonds. The summed E-state index contributed by atoms with van der Waals surface area (Å²) >= 11 is 1.51. The van der Waals surface area contributed by atoms with Crippen molar-refractivity contribution < 1.29 is 18.7 Å². The first-order chi connectivity index (χ1) is 16.0. The van der Waals surface area contributed by atoms with Gasteiger partial charge >= 0.3 is 5.97 Å². The van der Waals surface area contributed by atoms with Gasteiger partial charge in [-0.1, -0.05) is 18.7 Å². The molecule has 0 aliphatic carbocycles. The second-order valence-electron chi connectivity index (χ2n) is 7.90. The lowest BCUT2D eigenvalue weighted by Crippen LogP contribution is -2.40. The highest BCUT2D eigenvalue weighted by atomic mass is 32.2. The largest absolute Gasteiger partial charge is 0.466 e. The van der Waals surface area contributed by atoms with Crippen LogP contribution in [0.1, 0.15) is 62.5 Å². The second-order valence-corrected chi connectivity index (χ2v) is 8.84. The fourth-order valence-corrected chi connectivity index (χ4v) is 4.62. The minimum absolute atomic E-state index is 0.127. The molecule has 9 heteroatoms. The van der Waals surface area contributed by atoms with Gasteiger partial charge in [0.05, 0.1) is 18.3 Å². The number of carbonyl (C=O) groups is 2. The van der Waals surface area contributed by atoms with Crippen LogP contribution in [0.15, 0.2) is 27.8 Å². The van der Waals surface area contributed by atoms with Crippen LogP contribution in [0.25, 0.3) is 0 Å². The maximum Gasteiger partial charge on any atom is 0.309 e. The van der Waals surface area contributed by atoms with Gasteiger partial charge in [0, 0.05) is 37.9 Å². The van der Waals surface area contributed by atoms with Gasteiger partial charge in [-0.05, 0) is 52.2 Å². The zero-order chi connectivity index (χ0) is 23.8. The first-order valence-electron chi connectivity index (χ1n) is 11.8. The van der Waals surface area contributed by atoms with Crippen LogP contribution in [-0.2, 0) is 21.7 Å². The highest BCUT2D eigenvalue weighted by molar-refractivity contribution is 7.98. The number of furan rings is 1. The topological polar surface area (TPSA) is 88.8 Å². The molecule has 0 saturated carbocycles. The number of carbonyl (C=O) groups excluding carboxylic acids is 2. The Morgan fingerprint density at radius 2 is 1.88 bits per heavy atom. The first kappa shape index (κ1) is 25.1. The van der Waals surface area contributed by atoms with Gasteiger partial charge in [-0.2, -0.15) is 0 Å². The van der Waals surface area contributed by atoms with Crippen molar-refractivity contribution >= 4 is 29.5 Å². The van der Waals surface area contributed by atoms with Crippen LogP contribution in [0.2, 0.25) is 0 Å². The molecule has 0 aromatic carbocycles. The van der Waals surface area contributed by atoms with Gasteiger partial charge in [0.2, 0.25) is 0 Å². The minimum Gasteiger partial charge on any atom is -0.466 e. The molecular formula is C24H34N4O4S. The quantitative estimate of drug-likeness (QED) is 0.288. The number of hydrogen-bond acceptors (Lipinski definition) is 8. The molecule has 180 valence electrons. The van der Waals surface area contributed by atoms with Crippen LogP contribution < -0.4 is 4.90 Å². The fraction of sp³-hybridized carbons (Fsp3) is 0.583. The molecule has 0 bridgehead atoms. The number of amides is 1. The van der Waals surface area contributed by atoms with Crippen LogP contribution in [0.4, 0.5) is 5.82 Å². The molecule has 0 N–H and O–H groups in total. The lowest BCUT2D eigenvalue weighted by atomic mass is 9.97. The zero-order valence-electron chi connectivity index (χ0n) is 20.0. The Morgan fingerprint density at radius 1 is 1.15 bits per heavy atom. The Labute approximate surface area is 200 Å². The van der Waals surface area contributed by atoms with Crippen molar-refractivity contribution in [2.24, 2.45) is 5.92 Å². The Kier molecular flexibility index (Phi) is 9.17. The number of aryl methyl sites for hydroxylation is 1. The number of likely N-dealkylation sites (tertiary alicyclic amines) is 1. The van der Waals surface area contributed by atoms with E-state index in [2.05, 4.69) is 30.7 Å². The molecule has 0 spiro atoms. The van der Waals surface area contributed by atoms with E-state index < -0.39 is 0 Å². The van der Waals surface area contributed by atoms with Crippen molar-refractivity contribution in [2.75, 3.05) is 37.7 Å². The lowest BCUT2D eigenvalue weighted by molar-refractivity contribution is -0.149. The molecular weight excluding hydrogens is 440 g/mol. The monoisotopic (exact) mass is 474 g/mol. The highest BCUT2D eigenvalue weighted by Gasteiger charge is 2.29. The molecule has 2 aromatic heterocycles. The van der Waals surface area contributed by atoms with E-state index in [1.807, 2.05) is 12.1 Å². The predicted molar refractivity (Wildman–Crippen MR) is 129 cm³/mol. The Hall–Kier alpha value is -2.55. The summed E-state index contributed by atoms with van der Waals surface area (Å²) in [5.41, 5.74) is 1.01. The summed E-state index contributed by atoms with van der Waals surface area (Å²) in [6, 6.07) is 5.60. The number of ether oxygens (including phenoxy) is 1. The average molecular weight is 475 g/mol. The van der Waals surface area contributed by atoms with E-state index in [1.54, 1.807) is 17.9 Å². The summed E-state index contributed by atoms with van der Waals surface area (Å²) < 4.78 is 10.9. The number of thioether (sulfide) groups is 1. The molecule has 3 heterocycles. The standard InChI is InChI=1S/C24H34N4O4S/c1-5-18-15-21(27(6-2)7-3)26-24(25-18)33-16-19-9-10-20(32-19)22(29)28-13-11-17(12-14-28)23(30)31-8-4/h9-10,15,17H,5-8,11-14,16H2,1-4H3. The predicted octanol–water partition coefficient (Wildman–Crippen LogP) is 4.19. The number of anilines is 1. The zero-order valence-corrected chi connectivity index (χ0v) is 20.8. The molecule has 8 nitrogen and oxygen atoms in total. The summed E-state index contributed by atoms with van der Waals surface area (Å²) in [5.74, 6) is 2.09. The molecule has 1 aliphatic heterocycles. The van der Waals surface area contributed by atoms with Crippen molar-refractivity contribution in [3.63, 3.8) is 0 Å². The van der Waals surface area contributed by atoms with Crippen LogP contribution in [0.5, 0.6) is 0 Å². The van der Waals surface area contributed by atoms with E-state index in [0.29, 0.717) is 55.0 Å². The van der Waals surface area contributed by atoms with Gasteiger partial charge in [0.1, 0.15) is 11.6 Å². The van der Waals surface area contributed by atoms with Gasteiger partial charge in [-0.25, -0.2) is 9.97 Å². The Balaban J connectivity index is 1.58. The maximum atomic E-state index is 12.8. The van der Waals surface area contributed by atoms with E-state index in [-0.39, 0.29) is 17.8 Å². The molecule has 2 aromatic rings. The van der Waals surface area contributed by atoms with E-state index in [0.717, 1.165) is 31.0 Å². The number of aromatic nitrogens is 2. The van der Waals surface area contributed by atoms with Crippen molar-refractivity contribution in [3.8, 4) is 0 Å². The molecule has 1 saturated heterocycles. The van der Waals surface area contributed by atoms with Crippen molar-refractivity contribution in [2.45, 2.75) is 57.9 Å². The molecule has 3 rings (SSSR count). The third-order valence-corrected chi connectivity index (χ3v) is 6.68. The van der Waals surface area contributed by atoms with E-state index in [1.165, 1.54) is 11.8 Å². The van der Waals surface area contributed by atoms with Crippen LogP contribution in [0, 0.1) is 5.92 Å². The van der Waals surface area contributed by atoms with Crippen LogP contribution in [0.3, 0.4) is 0 Å². The average Bonchev–Trinajstić information content (AvgIpc) is 3.32. The first-order valence-corrected chi connectivity index (χ1v) is 12.8. The Bertz CT molecular complexity index is 936. The van der Waals surface area contributed by atoms with Crippen LogP contribution in [-0.4, -0.2) is 59.5 Å². The summed E-state index contributed by atoms with van der Waals surface area (Å²) in [5, 5.41) is 0.710. The third-order valence-electron chi connectivity index (χ3n) is 5.81. The number of nitrogens with zero attached hydrogens (tertiary/aromatic N) is 4. The van der Waals surface area contributed by atoms with E-state index in [4.69, 9.17) is 14.1 Å². The number of rotatable bonds is 10. The molecule has 1 fully saturated rings. The summed E-state index contributed by atoms with van der Waals surface area (Å²) in [6.45, 7) is 11.3.